The fraction of sp³-hybridized carbons (Fsp3) is 0.600. The number of fused-ring (bicyclic) bond motifs is 2. The fourth-order valence-corrected chi connectivity index (χ4v) is 2.43. The van der Waals surface area contributed by atoms with Crippen LogP contribution in [0.4, 0.5) is 4.79 Å². The Hall–Kier alpha value is -1.78. The zero-order valence-corrected chi connectivity index (χ0v) is 11.9. The Balaban J connectivity index is 1.60. The maximum atomic E-state index is 11.4. The number of allylic oxidation sites excluding steroid dienone is 3. The van der Waals surface area contributed by atoms with Crippen LogP contribution in [0.15, 0.2) is 24.0 Å². The second-order valence-corrected chi connectivity index (χ2v) is 5.54. The first-order chi connectivity index (χ1) is 9.56. The largest absolute Gasteiger partial charge is 0.464 e. The summed E-state index contributed by atoms with van der Waals surface area (Å²) in [5.41, 5.74) is 1.18. The van der Waals surface area contributed by atoms with Crippen molar-refractivity contribution in [3.63, 3.8) is 0 Å². The van der Waals surface area contributed by atoms with Gasteiger partial charge in [-0.1, -0.05) is 26.0 Å². The lowest BCUT2D eigenvalue weighted by atomic mass is 10.0. The van der Waals surface area contributed by atoms with Gasteiger partial charge in [0.05, 0.1) is 18.7 Å². The van der Waals surface area contributed by atoms with Crippen LogP contribution in [0.2, 0.25) is 0 Å². The first-order valence-corrected chi connectivity index (χ1v) is 7.04. The molecule has 1 saturated carbocycles. The Morgan fingerprint density at radius 1 is 1.45 bits per heavy atom. The normalized spacial score (nSPS) is 25.2. The van der Waals surface area contributed by atoms with Gasteiger partial charge < -0.3 is 14.8 Å². The third-order valence-corrected chi connectivity index (χ3v) is 3.55. The van der Waals surface area contributed by atoms with Gasteiger partial charge in [-0.15, -0.1) is 0 Å². The number of hydrogen-bond donors (Lipinski definition) is 1. The summed E-state index contributed by atoms with van der Waals surface area (Å²) in [5, 5.41) is 2.54. The van der Waals surface area contributed by atoms with Crippen LogP contribution >= 0.6 is 0 Å². The van der Waals surface area contributed by atoms with Crippen LogP contribution in [-0.4, -0.2) is 25.2 Å². The number of nitrogens with one attached hydrogen (secondary N) is 1. The molecule has 0 radical (unpaired) electrons. The predicted molar refractivity (Wildman–Crippen MR) is 73.7 cm³/mol. The number of carbonyl (C=O) groups is 2. The van der Waals surface area contributed by atoms with E-state index in [0.717, 1.165) is 12.8 Å². The average molecular weight is 279 g/mol. The van der Waals surface area contributed by atoms with Gasteiger partial charge in [0.25, 0.3) is 0 Å². The highest BCUT2D eigenvalue weighted by Crippen LogP contribution is 2.42. The van der Waals surface area contributed by atoms with Gasteiger partial charge in [0.15, 0.2) is 0 Å². The quantitative estimate of drug-likeness (QED) is 0.363. The Labute approximate surface area is 119 Å². The number of esters is 1. The molecule has 0 spiro atoms. The molecule has 2 unspecified atom stereocenters. The summed E-state index contributed by atoms with van der Waals surface area (Å²) in [6.45, 7) is 3.95. The Kier molecular flexibility index (Phi) is 4.82. The zero-order chi connectivity index (χ0) is 14.5. The molecule has 1 N–H and O–H groups in total. The van der Waals surface area contributed by atoms with E-state index in [9.17, 15) is 9.59 Å². The van der Waals surface area contributed by atoms with Gasteiger partial charge in [0.2, 0.25) is 0 Å². The van der Waals surface area contributed by atoms with Gasteiger partial charge in [-0.3, -0.25) is 4.79 Å². The molecule has 0 aromatic carbocycles. The summed E-state index contributed by atoms with van der Waals surface area (Å²) in [7, 11) is 0. The van der Waals surface area contributed by atoms with Crippen LogP contribution in [-0.2, 0) is 14.3 Å². The van der Waals surface area contributed by atoms with E-state index >= 15 is 0 Å². The number of carbonyl (C=O) groups excluding carboxylic acids is 2. The van der Waals surface area contributed by atoms with E-state index in [-0.39, 0.29) is 25.0 Å². The fourth-order valence-electron chi connectivity index (χ4n) is 2.43. The van der Waals surface area contributed by atoms with Crippen LogP contribution in [0, 0.1) is 17.8 Å². The van der Waals surface area contributed by atoms with Crippen LogP contribution in [0.1, 0.15) is 26.7 Å². The molecule has 2 bridgehead atoms. The summed E-state index contributed by atoms with van der Waals surface area (Å²) in [4.78, 5) is 22.6. The lowest BCUT2D eigenvalue weighted by Crippen LogP contribution is -2.28. The van der Waals surface area contributed by atoms with Crippen LogP contribution in [0.3, 0.4) is 0 Å². The summed E-state index contributed by atoms with van der Waals surface area (Å²) in [6.07, 6.45) is 7.58. The molecule has 110 valence electrons. The summed E-state index contributed by atoms with van der Waals surface area (Å²) >= 11 is 0. The topological polar surface area (TPSA) is 64.6 Å². The standard InChI is InChI=1S/C15H21NO4/c1-10(2)14(17)19-6-5-16-15(18)20-9-13-8-11-3-4-12(13)7-11/h3-4,9-12H,5-8H2,1-2H3,(H,16,18). The minimum atomic E-state index is -0.509. The molecule has 5 heteroatoms. The number of rotatable bonds is 5. The predicted octanol–water partition coefficient (Wildman–Crippen LogP) is 2.39. The molecular weight excluding hydrogens is 258 g/mol. The molecule has 1 amide bonds. The highest BCUT2D eigenvalue weighted by atomic mass is 16.5. The Morgan fingerprint density at radius 3 is 2.85 bits per heavy atom. The lowest BCUT2D eigenvalue weighted by Gasteiger charge is -2.09. The van der Waals surface area contributed by atoms with E-state index in [0.29, 0.717) is 11.8 Å². The average Bonchev–Trinajstić information content (AvgIpc) is 3.03. The van der Waals surface area contributed by atoms with Gasteiger partial charge in [0.1, 0.15) is 6.61 Å². The second-order valence-electron chi connectivity index (χ2n) is 5.54. The van der Waals surface area contributed by atoms with E-state index in [1.165, 1.54) is 5.57 Å². The monoisotopic (exact) mass is 279 g/mol. The number of hydrogen-bond acceptors (Lipinski definition) is 4. The van der Waals surface area contributed by atoms with Crippen molar-refractivity contribution >= 4 is 12.1 Å². The molecule has 1 fully saturated rings. The number of ether oxygens (including phenoxy) is 2. The lowest BCUT2D eigenvalue weighted by molar-refractivity contribution is -0.147. The van der Waals surface area contributed by atoms with Crippen molar-refractivity contribution in [1.29, 1.82) is 0 Å². The maximum absolute atomic E-state index is 11.4. The molecule has 20 heavy (non-hydrogen) atoms. The second kappa shape index (κ2) is 6.59. The first kappa shape index (κ1) is 14.6. The van der Waals surface area contributed by atoms with Crippen molar-refractivity contribution in [1.82, 2.24) is 5.32 Å². The van der Waals surface area contributed by atoms with Gasteiger partial charge in [0, 0.05) is 5.92 Å². The van der Waals surface area contributed by atoms with Crippen molar-refractivity contribution in [2.75, 3.05) is 13.2 Å². The molecule has 0 aliphatic heterocycles. The molecule has 0 aromatic heterocycles. The minimum Gasteiger partial charge on any atom is -0.464 e. The van der Waals surface area contributed by atoms with E-state index in [1.54, 1.807) is 20.1 Å². The molecule has 0 aromatic rings. The van der Waals surface area contributed by atoms with Crippen molar-refractivity contribution in [2.24, 2.45) is 17.8 Å². The molecule has 2 atom stereocenters. The van der Waals surface area contributed by atoms with Crippen molar-refractivity contribution in [3.05, 3.63) is 24.0 Å². The SMILES string of the molecule is CC(C)C(=O)OCCNC(=O)OC=C1CC2C=CC1C2. The van der Waals surface area contributed by atoms with Crippen molar-refractivity contribution < 1.29 is 19.1 Å². The smallest absolute Gasteiger partial charge is 0.412 e. The van der Waals surface area contributed by atoms with Crippen LogP contribution in [0.25, 0.3) is 0 Å². The first-order valence-electron chi connectivity index (χ1n) is 7.04. The van der Waals surface area contributed by atoms with Gasteiger partial charge in [-0.25, -0.2) is 4.79 Å². The van der Waals surface area contributed by atoms with Crippen LogP contribution in [0.5, 0.6) is 0 Å². The molecule has 0 heterocycles. The van der Waals surface area contributed by atoms with Crippen molar-refractivity contribution in [2.45, 2.75) is 26.7 Å². The maximum Gasteiger partial charge on any atom is 0.412 e. The van der Waals surface area contributed by atoms with E-state index in [2.05, 4.69) is 17.5 Å². The van der Waals surface area contributed by atoms with E-state index in [1.807, 2.05) is 0 Å². The molecule has 2 aliphatic carbocycles. The summed E-state index contributed by atoms with van der Waals surface area (Å²) < 4.78 is 9.98. The third-order valence-electron chi connectivity index (χ3n) is 3.55. The highest BCUT2D eigenvalue weighted by Gasteiger charge is 2.31. The summed E-state index contributed by atoms with van der Waals surface area (Å²) in [5.74, 6) is 0.640. The highest BCUT2D eigenvalue weighted by molar-refractivity contribution is 5.71. The van der Waals surface area contributed by atoms with E-state index < -0.39 is 6.09 Å². The third kappa shape index (κ3) is 3.85. The Morgan fingerprint density at radius 2 is 2.25 bits per heavy atom. The van der Waals surface area contributed by atoms with Crippen LogP contribution < -0.4 is 5.32 Å². The number of alkyl carbamates (subject to hydrolysis) is 1. The van der Waals surface area contributed by atoms with E-state index in [4.69, 9.17) is 9.47 Å². The minimum absolute atomic E-state index is 0.155. The molecule has 0 saturated heterocycles. The van der Waals surface area contributed by atoms with Gasteiger partial charge in [-0.2, -0.15) is 0 Å². The van der Waals surface area contributed by atoms with Crippen molar-refractivity contribution in [3.8, 4) is 0 Å². The molecule has 5 nitrogen and oxygen atoms in total. The molecular formula is C15H21NO4. The van der Waals surface area contributed by atoms with Gasteiger partial charge >= 0.3 is 12.1 Å². The number of amides is 1. The summed E-state index contributed by atoms with van der Waals surface area (Å²) in [6, 6.07) is 0. The zero-order valence-electron chi connectivity index (χ0n) is 11.9. The molecule has 2 rings (SSSR count). The van der Waals surface area contributed by atoms with Gasteiger partial charge in [-0.05, 0) is 24.3 Å². The Bertz CT molecular complexity index is 439. The molecule has 2 aliphatic rings.